The monoisotopic (exact) mass is 374 g/mol. The summed E-state index contributed by atoms with van der Waals surface area (Å²) in [4.78, 5) is 22.3. The molecule has 1 aliphatic heterocycles. The van der Waals surface area contributed by atoms with E-state index < -0.39 is 5.60 Å². The first-order valence-electron chi connectivity index (χ1n) is 9.01. The van der Waals surface area contributed by atoms with Gasteiger partial charge in [-0.25, -0.2) is 14.8 Å². The summed E-state index contributed by atoms with van der Waals surface area (Å²) < 4.78 is 7.33. The normalized spacial score (nSPS) is 15.8. The Hall–Kier alpha value is -2.68. The van der Waals surface area contributed by atoms with E-state index >= 15 is 0 Å². The number of hydrogen-bond acceptors (Lipinski definition) is 7. The van der Waals surface area contributed by atoms with Crippen molar-refractivity contribution in [2.45, 2.75) is 51.9 Å². The molecule has 0 radical (unpaired) electrons. The number of ether oxygens (including phenoxy) is 1. The summed E-state index contributed by atoms with van der Waals surface area (Å²) in [6.45, 7) is 6.60. The van der Waals surface area contributed by atoms with E-state index in [9.17, 15) is 9.90 Å². The van der Waals surface area contributed by atoms with Crippen LogP contribution in [0.2, 0.25) is 0 Å². The lowest BCUT2D eigenvalue weighted by Crippen LogP contribution is -2.42. The van der Waals surface area contributed by atoms with Gasteiger partial charge in [-0.1, -0.05) is 0 Å². The molecule has 2 aromatic rings. The highest BCUT2D eigenvalue weighted by atomic mass is 16.6. The lowest BCUT2D eigenvalue weighted by molar-refractivity contribution is 0.0185. The van der Waals surface area contributed by atoms with Gasteiger partial charge in [-0.05, 0) is 33.6 Å². The first-order valence-corrected chi connectivity index (χ1v) is 9.01. The number of carbonyl (C=O) groups is 1. The Morgan fingerprint density at radius 3 is 2.67 bits per heavy atom. The molecule has 9 heteroatoms. The molecule has 0 atom stereocenters. The van der Waals surface area contributed by atoms with E-state index in [1.165, 1.54) is 0 Å². The van der Waals surface area contributed by atoms with Crippen molar-refractivity contribution in [3.8, 4) is 11.3 Å². The number of aliphatic hydroxyl groups is 1. The number of nitrogens with two attached hydrogens (primary N) is 1. The fourth-order valence-electron chi connectivity index (χ4n) is 3.00. The van der Waals surface area contributed by atoms with E-state index in [0.717, 1.165) is 18.4 Å². The van der Waals surface area contributed by atoms with Crippen LogP contribution in [0.5, 0.6) is 0 Å². The summed E-state index contributed by atoms with van der Waals surface area (Å²) in [5.41, 5.74) is 6.97. The van der Waals surface area contributed by atoms with E-state index in [1.807, 2.05) is 31.6 Å². The third kappa shape index (κ3) is 4.54. The molecule has 0 spiro atoms. The standard InChI is InChI=1S/C18H26N6O3/c1-18(2,3)27-17(26)23-6-4-13(5-7-23)24-10-12(8-21-24)14-9-20-16(19)15(11-25)22-14/h8-10,13,25H,4-7,11H2,1-3H3,(H2,19,20). The number of rotatable bonds is 3. The van der Waals surface area contributed by atoms with Gasteiger partial charge in [-0.2, -0.15) is 5.10 Å². The number of likely N-dealkylation sites (tertiary alicyclic amines) is 1. The summed E-state index contributed by atoms with van der Waals surface area (Å²) >= 11 is 0. The first kappa shape index (κ1) is 19.1. The van der Waals surface area contributed by atoms with Crippen LogP contribution in [0.15, 0.2) is 18.6 Å². The van der Waals surface area contributed by atoms with Gasteiger partial charge in [0.2, 0.25) is 0 Å². The third-order valence-corrected chi connectivity index (χ3v) is 4.41. The molecule has 1 fully saturated rings. The van der Waals surface area contributed by atoms with Gasteiger partial charge in [-0.3, -0.25) is 4.68 Å². The largest absolute Gasteiger partial charge is 0.444 e. The SMILES string of the molecule is CC(C)(C)OC(=O)N1CCC(n2cc(-c3cnc(N)c(CO)n3)cn2)CC1. The van der Waals surface area contributed by atoms with Gasteiger partial charge >= 0.3 is 6.09 Å². The highest BCUT2D eigenvalue weighted by Crippen LogP contribution is 2.26. The van der Waals surface area contributed by atoms with Gasteiger partial charge in [0.15, 0.2) is 0 Å². The van der Waals surface area contributed by atoms with Crippen LogP contribution in [-0.4, -0.2) is 54.5 Å². The lowest BCUT2D eigenvalue weighted by atomic mass is 10.1. The van der Waals surface area contributed by atoms with Crippen molar-refractivity contribution in [3.05, 3.63) is 24.3 Å². The minimum atomic E-state index is -0.488. The Morgan fingerprint density at radius 1 is 1.33 bits per heavy atom. The molecule has 3 heterocycles. The van der Waals surface area contributed by atoms with Crippen molar-refractivity contribution >= 4 is 11.9 Å². The molecule has 27 heavy (non-hydrogen) atoms. The lowest BCUT2D eigenvalue weighted by Gasteiger charge is -2.33. The zero-order valence-corrected chi connectivity index (χ0v) is 15.9. The Morgan fingerprint density at radius 2 is 2.04 bits per heavy atom. The predicted octanol–water partition coefficient (Wildman–Crippen LogP) is 1.99. The Labute approximate surface area is 158 Å². The molecule has 0 aliphatic carbocycles. The molecular formula is C18H26N6O3. The molecule has 2 aromatic heterocycles. The number of nitrogens with zero attached hydrogens (tertiary/aromatic N) is 5. The van der Waals surface area contributed by atoms with Gasteiger partial charge in [0.05, 0.1) is 30.7 Å². The highest BCUT2D eigenvalue weighted by molar-refractivity contribution is 5.68. The smallest absolute Gasteiger partial charge is 0.410 e. The molecule has 3 rings (SSSR count). The van der Waals surface area contributed by atoms with Crippen molar-refractivity contribution < 1.29 is 14.6 Å². The molecule has 0 unspecified atom stereocenters. The number of amides is 1. The summed E-state index contributed by atoms with van der Waals surface area (Å²) in [5.74, 6) is 0.225. The van der Waals surface area contributed by atoms with Crippen molar-refractivity contribution in [1.29, 1.82) is 0 Å². The summed E-state index contributed by atoms with van der Waals surface area (Å²) in [7, 11) is 0. The highest BCUT2D eigenvalue weighted by Gasteiger charge is 2.28. The maximum atomic E-state index is 12.2. The Bertz CT molecular complexity index is 806. The molecule has 9 nitrogen and oxygen atoms in total. The fourth-order valence-corrected chi connectivity index (χ4v) is 3.00. The van der Waals surface area contributed by atoms with E-state index in [-0.39, 0.29) is 24.6 Å². The number of aromatic nitrogens is 4. The molecule has 1 aliphatic rings. The van der Waals surface area contributed by atoms with Gasteiger partial charge in [-0.15, -0.1) is 0 Å². The fraction of sp³-hybridized carbons (Fsp3) is 0.556. The van der Waals surface area contributed by atoms with Crippen LogP contribution >= 0.6 is 0 Å². The van der Waals surface area contributed by atoms with Crippen LogP contribution in [0.4, 0.5) is 10.6 Å². The summed E-state index contributed by atoms with van der Waals surface area (Å²) in [6.07, 6.45) is 6.54. The van der Waals surface area contributed by atoms with Crippen molar-refractivity contribution in [1.82, 2.24) is 24.6 Å². The van der Waals surface area contributed by atoms with E-state index in [0.29, 0.717) is 24.5 Å². The maximum absolute atomic E-state index is 12.2. The van der Waals surface area contributed by atoms with Crippen LogP contribution in [-0.2, 0) is 11.3 Å². The van der Waals surface area contributed by atoms with Gasteiger partial charge in [0.25, 0.3) is 0 Å². The van der Waals surface area contributed by atoms with Crippen molar-refractivity contribution in [2.24, 2.45) is 0 Å². The quantitative estimate of drug-likeness (QED) is 0.843. The summed E-state index contributed by atoms with van der Waals surface area (Å²) in [6, 6.07) is 0.205. The van der Waals surface area contributed by atoms with Crippen LogP contribution < -0.4 is 5.73 Å². The van der Waals surface area contributed by atoms with Gasteiger partial charge in [0, 0.05) is 24.8 Å². The van der Waals surface area contributed by atoms with Crippen LogP contribution in [0, 0.1) is 0 Å². The minimum Gasteiger partial charge on any atom is -0.444 e. The first-order chi connectivity index (χ1) is 12.8. The molecule has 0 bridgehead atoms. The zero-order valence-electron chi connectivity index (χ0n) is 15.9. The van der Waals surface area contributed by atoms with E-state index in [2.05, 4.69) is 15.1 Å². The van der Waals surface area contributed by atoms with Crippen molar-refractivity contribution in [2.75, 3.05) is 18.8 Å². The maximum Gasteiger partial charge on any atom is 0.410 e. The second kappa shape index (κ2) is 7.51. The van der Waals surface area contributed by atoms with Gasteiger partial charge in [0.1, 0.15) is 17.1 Å². The number of nitrogen functional groups attached to an aromatic ring is 1. The topological polar surface area (TPSA) is 119 Å². The number of aliphatic hydroxyl groups excluding tert-OH is 1. The average Bonchev–Trinajstić information content (AvgIpc) is 3.11. The number of piperidine rings is 1. The van der Waals surface area contributed by atoms with Crippen LogP contribution in [0.3, 0.4) is 0 Å². The minimum absolute atomic E-state index is 0.205. The molecule has 0 aromatic carbocycles. The summed E-state index contributed by atoms with van der Waals surface area (Å²) in [5, 5.41) is 13.7. The second-order valence-electron chi connectivity index (χ2n) is 7.65. The zero-order chi connectivity index (χ0) is 19.6. The number of hydrogen-bond donors (Lipinski definition) is 2. The van der Waals surface area contributed by atoms with Crippen LogP contribution in [0.25, 0.3) is 11.3 Å². The molecule has 0 saturated carbocycles. The molecule has 1 saturated heterocycles. The Kier molecular flexibility index (Phi) is 5.31. The second-order valence-corrected chi connectivity index (χ2v) is 7.65. The molecule has 3 N–H and O–H groups in total. The molecule has 146 valence electrons. The predicted molar refractivity (Wildman–Crippen MR) is 99.7 cm³/mol. The van der Waals surface area contributed by atoms with Crippen LogP contribution in [0.1, 0.15) is 45.3 Å². The third-order valence-electron chi connectivity index (χ3n) is 4.41. The molecular weight excluding hydrogens is 348 g/mol. The van der Waals surface area contributed by atoms with E-state index in [4.69, 9.17) is 10.5 Å². The number of anilines is 1. The van der Waals surface area contributed by atoms with Crippen molar-refractivity contribution in [3.63, 3.8) is 0 Å². The van der Waals surface area contributed by atoms with Gasteiger partial charge < -0.3 is 20.5 Å². The average molecular weight is 374 g/mol. The van der Waals surface area contributed by atoms with E-state index in [1.54, 1.807) is 17.3 Å². The Balaban J connectivity index is 1.64. The number of carbonyl (C=O) groups excluding carboxylic acids is 1. The molecule has 1 amide bonds.